The number of fused-ring (bicyclic) bond motifs is 2. The fraction of sp³-hybridized carbons (Fsp3) is 0. The van der Waals surface area contributed by atoms with Crippen molar-refractivity contribution in [2.24, 2.45) is 0 Å². The van der Waals surface area contributed by atoms with Gasteiger partial charge in [-0.25, -0.2) is 9.59 Å². The minimum absolute atomic E-state index is 0.00202. The van der Waals surface area contributed by atoms with Gasteiger partial charge >= 0.3 is 11.9 Å². The van der Waals surface area contributed by atoms with Crippen molar-refractivity contribution in [2.75, 3.05) is 0 Å². The Morgan fingerprint density at radius 3 is 2.32 bits per heavy atom. The third-order valence-corrected chi connectivity index (χ3v) is 3.54. The number of rotatable bonds is 0. The van der Waals surface area contributed by atoms with Crippen LogP contribution in [0, 0.1) is 0 Å². The molecule has 0 aromatic heterocycles. The van der Waals surface area contributed by atoms with Gasteiger partial charge in [-0.15, -0.1) is 0 Å². The van der Waals surface area contributed by atoms with Gasteiger partial charge in [0.05, 0.1) is 16.7 Å². The lowest BCUT2D eigenvalue weighted by Crippen LogP contribution is -2.08. The van der Waals surface area contributed by atoms with E-state index in [-0.39, 0.29) is 34.0 Å². The van der Waals surface area contributed by atoms with E-state index in [2.05, 4.69) is 0 Å². The molecule has 0 radical (unpaired) electrons. The van der Waals surface area contributed by atoms with E-state index in [1.165, 1.54) is 6.07 Å². The average Bonchev–Trinajstić information content (AvgIpc) is 2.94. The summed E-state index contributed by atoms with van der Waals surface area (Å²) in [4.78, 5) is 24.3. The fourth-order valence-corrected chi connectivity index (χ4v) is 2.66. The number of phenols is 2. The maximum Gasteiger partial charge on any atom is 0.345 e. The summed E-state index contributed by atoms with van der Waals surface area (Å²) in [6, 6.07) is 8.94. The number of para-hydroxylation sites is 1. The van der Waals surface area contributed by atoms with Gasteiger partial charge in [-0.2, -0.15) is 0 Å². The molecule has 0 saturated carbocycles. The van der Waals surface area contributed by atoms with E-state index in [4.69, 9.17) is 9.47 Å². The highest BCUT2D eigenvalue weighted by Crippen LogP contribution is 2.48. The summed E-state index contributed by atoms with van der Waals surface area (Å²) in [6.45, 7) is 0. The Bertz CT molecular complexity index is 894. The molecule has 0 bridgehead atoms. The minimum Gasteiger partial charge on any atom is -0.508 e. The molecule has 2 aromatic rings. The number of phenolic OH excluding ortho intramolecular Hbond substituents is 2. The van der Waals surface area contributed by atoms with Crippen molar-refractivity contribution in [3.05, 3.63) is 47.5 Å². The predicted octanol–water partition coefficient (Wildman–Crippen LogP) is 1.85. The van der Waals surface area contributed by atoms with E-state index in [0.717, 1.165) is 6.07 Å². The van der Waals surface area contributed by atoms with Crippen LogP contribution in [-0.2, 0) is 9.59 Å². The molecule has 108 valence electrons. The van der Waals surface area contributed by atoms with Crippen LogP contribution in [0.3, 0.4) is 0 Å². The monoisotopic (exact) mass is 296 g/mol. The molecular weight excluding hydrogens is 288 g/mol. The highest BCUT2D eigenvalue weighted by atomic mass is 16.5. The molecule has 0 fully saturated rings. The molecule has 0 atom stereocenters. The van der Waals surface area contributed by atoms with Gasteiger partial charge in [0, 0.05) is 17.7 Å². The topological polar surface area (TPSA) is 93.1 Å². The predicted molar refractivity (Wildman–Crippen MR) is 74.3 cm³/mol. The first-order chi connectivity index (χ1) is 10.6. The standard InChI is InChI=1S/C16H8O6/c17-7-5-9(18)13-11(6-7)22-16(20)14(13)12-8-3-1-2-4-10(8)21-15(12)19/h1-6,17-18H/b14-12+. The minimum atomic E-state index is -0.778. The number of ether oxygens (including phenoxy) is 2. The molecule has 2 aliphatic rings. The SMILES string of the molecule is O=C1Oc2ccccc2/C1=C1\C(=O)Oc2cc(O)cc(O)c21. The van der Waals surface area contributed by atoms with Crippen molar-refractivity contribution in [3.8, 4) is 23.0 Å². The largest absolute Gasteiger partial charge is 0.508 e. The number of hydrogen-bond acceptors (Lipinski definition) is 6. The van der Waals surface area contributed by atoms with Crippen molar-refractivity contribution in [1.29, 1.82) is 0 Å². The number of esters is 2. The first-order valence-corrected chi connectivity index (χ1v) is 6.40. The number of aromatic hydroxyl groups is 2. The van der Waals surface area contributed by atoms with E-state index in [1.807, 2.05) is 0 Å². The van der Waals surface area contributed by atoms with Gasteiger partial charge in [0.25, 0.3) is 0 Å². The second kappa shape index (κ2) is 4.11. The van der Waals surface area contributed by atoms with Gasteiger partial charge < -0.3 is 19.7 Å². The van der Waals surface area contributed by atoms with E-state index in [1.54, 1.807) is 24.3 Å². The lowest BCUT2D eigenvalue weighted by atomic mass is 9.95. The quantitative estimate of drug-likeness (QED) is 0.438. The summed E-state index contributed by atoms with van der Waals surface area (Å²) in [7, 11) is 0. The fourth-order valence-electron chi connectivity index (χ4n) is 2.66. The summed E-state index contributed by atoms with van der Waals surface area (Å²) in [5.74, 6) is -1.71. The molecular formula is C16H8O6. The number of carbonyl (C=O) groups excluding carboxylic acids is 2. The van der Waals surface area contributed by atoms with Gasteiger partial charge in [-0.1, -0.05) is 18.2 Å². The van der Waals surface area contributed by atoms with Crippen LogP contribution in [-0.4, -0.2) is 22.2 Å². The van der Waals surface area contributed by atoms with Gasteiger partial charge in [0.2, 0.25) is 0 Å². The number of benzene rings is 2. The van der Waals surface area contributed by atoms with Crippen molar-refractivity contribution in [2.45, 2.75) is 0 Å². The lowest BCUT2D eigenvalue weighted by molar-refractivity contribution is -0.128. The van der Waals surface area contributed by atoms with E-state index in [0.29, 0.717) is 11.3 Å². The van der Waals surface area contributed by atoms with E-state index < -0.39 is 11.9 Å². The normalized spacial score (nSPS) is 18.7. The molecule has 2 heterocycles. The van der Waals surface area contributed by atoms with Gasteiger partial charge in [-0.3, -0.25) is 0 Å². The van der Waals surface area contributed by atoms with Crippen LogP contribution in [0.2, 0.25) is 0 Å². The Balaban J connectivity index is 2.06. The Morgan fingerprint density at radius 2 is 1.50 bits per heavy atom. The van der Waals surface area contributed by atoms with E-state index in [9.17, 15) is 19.8 Å². The zero-order valence-corrected chi connectivity index (χ0v) is 11.0. The molecule has 6 nitrogen and oxygen atoms in total. The molecule has 6 heteroatoms. The highest BCUT2D eigenvalue weighted by Gasteiger charge is 2.40. The third-order valence-electron chi connectivity index (χ3n) is 3.54. The van der Waals surface area contributed by atoms with Crippen LogP contribution in [0.25, 0.3) is 11.1 Å². The van der Waals surface area contributed by atoms with Crippen molar-refractivity contribution in [3.63, 3.8) is 0 Å². The second-order valence-electron chi connectivity index (χ2n) is 4.86. The Hall–Kier alpha value is -3.28. The number of hydrogen-bond donors (Lipinski definition) is 2. The molecule has 0 saturated heterocycles. The van der Waals surface area contributed by atoms with Gasteiger partial charge in [-0.05, 0) is 6.07 Å². The first-order valence-electron chi connectivity index (χ1n) is 6.40. The number of carbonyl (C=O) groups is 2. The second-order valence-corrected chi connectivity index (χ2v) is 4.86. The van der Waals surface area contributed by atoms with Crippen LogP contribution < -0.4 is 9.47 Å². The molecule has 2 aliphatic heterocycles. The molecule has 2 aromatic carbocycles. The summed E-state index contributed by atoms with van der Waals surface area (Å²) < 4.78 is 10.2. The van der Waals surface area contributed by atoms with Crippen LogP contribution >= 0.6 is 0 Å². The summed E-state index contributed by atoms with van der Waals surface area (Å²) in [5, 5.41) is 19.5. The van der Waals surface area contributed by atoms with Crippen molar-refractivity contribution < 1.29 is 29.3 Å². The molecule has 0 unspecified atom stereocenters. The zero-order valence-electron chi connectivity index (χ0n) is 11.0. The summed E-state index contributed by atoms with van der Waals surface area (Å²) in [5.41, 5.74) is 0.508. The maximum absolute atomic E-state index is 12.2. The zero-order chi connectivity index (χ0) is 15.4. The molecule has 2 N–H and O–H groups in total. The summed E-state index contributed by atoms with van der Waals surface area (Å²) >= 11 is 0. The molecule has 4 rings (SSSR count). The highest BCUT2D eigenvalue weighted by molar-refractivity contribution is 6.41. The Labute approximate surface area is 123 Å². The van der Waals surface area contributed by atoms with Crippen LogP contribution in [0.4, 0.5) is 0 Å². The molecule has 0 spiro atoms. The van der Waals surface area contributed by atoms with Crippen molar-refractivity contribution >= 4 is 23.1 Å². The van der Waals surface area contributed by atoms with Gasteiger partial charge in [0.1, 0.15) is 23.0 Å². The third kappa shape index (κ3) is 1.54. The smallest absolute Gasteiger partial charge is 0.345 e. The molecule has 0 amide bonds. The summed E-state index contributed by atoms with van der Waals surface area (Å²) in [6.07, 6.45) is 0. The lowest BCUT2D eigenvalue weighted by Gasteiger charge is -2.03. The van der Waals surface area contributed by atoms with Crippen LogP contribution in [0.15, 0.2) is 36.4 Å². The first kappa shape index (κ1) is 12.5. The van der Waals surface area contributed by atoms with Gasteiger partial charge in [0.15, 0.2) is 0 Å². The Kier molecular flexibility index (Phi) is 2.33. The van der Waals surface area contributed by atoms with E-state index >= 15 is 0 Å². The van der Waals surface area contributed by atoms with Crippen LogP contribution in [0.1, 0.15) is 11.1 Å². The molecule has 22 heavy (non-hydrogen) atoms. The molecule has 0 aliphatic carbocycles. The average molecular weight is 296 g/mol. The van der Waals surface area contributed by atoms with Crippen LogP contribution in [0.5, 0.6) is 23.0 Å². The maximum atomic E-state index is 12.2. The van der Waals surface area contributed by atoms with Crippen molar-refractivity contribution in [1.82, 2.24) is 0 Å². The Morgan fingerprint density at radius 1 is 0.818 bits per heavy atom.